The van der Waals surface area contributed by atoms with Crippen molar-refractivity contribution in [2.24, 2.45) is 0 Å². The molecule has 0 radical (unpaired) electrons. The molecule has 0 aliphatic heterocycles. The van der Waals surface area contributed by atoms with Gasteiger partial charge in [-0.15, -0.1) is 0 Å². The van der Waals surface area contributed by atoms with E-state index in [-0.39, 0.29) is 22.7 Å². The van der Waals surface area contributed by atoms with E-state index in [2.05, 4.69) is 34.3 Å². The van der Waals surface area contributed by atoms with Crippen molar-refractivity contribution in [1.82, 2.24) is 15.3 Å². The molecule has 7 heteroatoms. The van der Waals surface area contributed by atoms with Gasteiger partial charge >= 0.3 is 5.69 Å². The summed E-state index contributed by atoms with van der Waals surface area (Å²) < 4.78 is 0. The first-order valence-corrected chi connectivity index (χ1v) is 8.95. The minimum absolute atomic E-state index is 0.0853. The quantitative estimate of drug-likeness (QED) is 0.612. The molecule has 0 saturated heterocycles. The predicted octanol–water partition coefficient (Wildman–Crippen LogP) is 2.48. The molecule has 130 valence electrons. The first kappa shape index (κ1) is 18.7. The first-order valence-electron chi connectivity index (χ1n) is 7.96. The maximum Gasteiger partial charge on any atom is 0.346 e. The van der Waals surface area contributed by atoms with Crippen molar-refractivity contribution in [2.45, 2.75) is 38.3 Å². The largest absolute Gasteiger partial charge is 0.349 e. The molecule has 0 bridgehead atoms. The van der Waals surface area contributed by atoms with E-state index in [1.54, 1.807) is 6.92 Å². The Kier molecular flexibility index (Phi) is 6.37. The molecule has 1 atom stereocenters. The van der Waals surface area contributed by atoms with Crippen molar-refractivity contribution in [2.75, 3.05) is 5.75 Å². The highest BCUT2D eigenvalue weighted by molar-refractivity contribution is 8.00. The van der Waals surface area contributed by atoms with E-state index >= 15 is 0 Å². The third-order valence-electron chi connectivity index (χ3n) is 3.80. The molecule has 2 aromatic rings. The molecule has 1 amide bonds. The molecule has 0 aliphatic rings. The van der Waals surface area contributed by atoms with Crippen LogP contribution in [0.4, 0.5) is 0 Å². The number of hydrogen-bond acceptors (Lipinski definition) is 5. The minimum atomic E-state index is -0.524. The van der Waals surface area contributed by atoms with Crippen molar-refractivity contribution in [3.05, 3.63) is 57.1 Å². The number of amides is 1. The van der Waals surface area contributed by atoms with E-state index in [1.165, 1.54) is 5.56 Å². The number of rotatable bonds is 6. The lowest BCUT2D eigenvalue weighted by Crippen LogP contribution is -2.28. The van der Waals surface area contributed by atoms with E-state index in [0.29, 0.717) is 11.3 Å². The summed E-state index contributed by atoms with van der Waals surface area (Å²) in [6, 6.07) is 10.00. The molecule has 0 saturated carbocycles. The van der Waals surface area contributed by atoms with E-state index in [1.807, 2.05) is 25.1 Å². The van der Waals surface area contributed by atoms with Gasteiger partial charge in [0.15, 0.2) is 0 Å². The molecule has 1 aromatic heterocycles. The highest BCUT2D eigenvalue weighted by atomic mass is 32.2. The maximum absolute atomic E-state index is 12.2. The Morgan fingerprint density at radius 2 is 2.08 bits per heavy atom. The molecule has 0 spiro atoms. The van der Waals surface area contributed by atoms with Gasteiger partial charge in [0.25, 0.3) is 0 Å². The third-order valence-corrected chi connectivity index (χ3v) is 4.78. The second-order valence-corrected chi connectivity index (χ2v) is 6.60. The number of carbonyl (C=O) groups excluding carboxylic acids is 1. The van der Waals surface area contributed by atoms with Gasteiger partial charge in [0.05, 0.1) is 11.8 Å². The van der Waals surface area contributed by atoms with Crippen LogP contribution in [0.1, 0.15) is 42.3 Å². The summed E-state index contributed by atoms with van der Waals surface area (Å²) >= 11 is 1.09. The second kappa shape index (κ2) is 8.49. The molecule has 2 N–H and O–H groups in total. The van der Waals surface area contributed by atoms with E-state index in [0.717, 1.165) is 23.7 Å². The molecular formula is C18H20N4O2S. The Balaban J connectivity index is 1.99. The summed E-state index contributed by atoms with van der Waals surface area (Å²) in [5.74, 6) is -0.0946. The zero-order chi connectivity index (χ0) is 18.4. The van der Waals surface area contributed by atoms with Crippen LogP contribution < -0.4 is 11.0 Å². The smallest absolute Gasteiger partial charge is 0.346 e. The zero-order valence-electron chi connectivity index (χ0n) is 14.4. The van der Waals surface area contributed by atoms with E-state index < -0.39 is 5.69 Å². The lowest BCUT2D eigenvalue weighted by atomic mass is 10.1. The van der Waals surface area contributed by atoms with Gasteiger partial charge in [-0.05, 0) is 31.4 Å². The molecule has 1 aromatic carbocycles. The Bertz CT molecular complexity index is 853. The topological polar surface area (TPSA) is 98.6 Å². The van der Waals surface area contributed by atoms with Crippen LogP contribution in [0.3, 0.4) is 0 Å². The summed E-state index contributed by atoms with van der Waals surface area (Å²) in [6.45, 7) is 5.64. The number of H-pyrrole nitrogens is 1. The van der Waals surface area contributed by atoms with Crippen molar-refractivity contribution in [3.8, 4) is 6.07 Å². The molecule has 0 fully saturated rings. The lowest BCUT2D eigenvalue weighted by molar-refractivity contribution is -0.119. The number of carbonyl (C=O) groups is 1. The Labute approximate surface area is 150 Å². The average Bonchev–Trinajstić information content (AvgIpc) is 2.59. The van der Waals surface area contributed by atoms with Gasteiger partial charge in [0.2, 0.25) is 5.91 Å². The van der Waals surface area contributed by atoms with Crippen molar-refractivity contribution in [3.63, 3.8) is 0 Å². The Hall–Kier alpha value is -2.59. The van der Waals surface area contributed by atoms with Crippen molar-refractivity contribution < 1.29 is 4.79 Å². The van der Waals surface area contributed by atoms with Crippen molar-refractivity contribution >= 4 is 17.7 Å². The number of aromatic nitrogens is 2. The van der Waals surface area contributed by atoms with Crippen LogP contribution in [-0.2, 0) is 11.2 Å². The molecule has 0 aliphatic carbocycles. The number of benzene rings is 1. The van der Waals surface area contributed by atoms with Gasteiger partial charge in [-0.2, -0.15) is 10.2 Å². The minimum Gasteiger partial charge on any atom is -0.349 e. The normalized spacial score (nSPS) is 11.6. The summed E-state index contributed by atoms with van der Waals surface area (Å²) in [5, 5.41) is 12.4. The van der Waals surface area contributed by atoms with Gasteiger partial charge in [0.1, 0.15) is 16.7 Å². The number of thioether (sulfide) groups is 1. The van der Waals surface area contributed by atoms with Gasteiger partial charge in [0, 0.05) is 5.69 Å². The average molecular weight is 356 g/mol. The SMILES string of the molecule is CCc1ccc(C(C)NC(=O)CSc2nc(=O)[nH]c(C)c2C#N)cc1. The van der Waals surface area contributed by atoms with Gasteiger partial charge in [-0.3, -0.25) is 4.79 Å². The Morgan fingerprint density at radius 3 is 2.68 bits per heavy atom. The number of aromatic amines is 1. The van der Waals surface area contributed by atoms with Crippen LogP contribution in [0, 0.1) is 18.3 Å². The van der Waals surface area contributed by atoms with E-state index in [4.69, 9.17) is 5.26 Å². The molecule has 1 heterocycles. The standard InChI is InChI=1S/C18H20N4O2S/c1-4-13-5-7-14(8-6-13)11(2)20-16(23)10-25-17-15(9-19)12(3)21-18(24)22-17/h5-8,11H,4,10H2,1-3H3,(H,20,23)(H,21,22,24). The molecular weight excluding hydrogens is 336 g/mol. The molecule has 6 nitrogen and oxygen atoms in total. The molecule has 2 rings (SSSR count). The molecule has 25 heavy (non-hydrogen) atoms. The van der Waals surface area contributed by atoms with Crippen LogP contribution in [0.5, 0.6) is 0 Å². The fourth-order valence-corrected chi connectivity index (χ4v) is 3.18. The number of hydrogen-bond donors (Lipinski definition) is 2. The second-order valence-electron chi connectivity index (χ2n) is 5.63. The highest BCUT2D eigenvalue weighted by Gasteiger charge is 2.14. The van der Waals surface area contributed by atoms with Gasteiger partial charge in [-0.1, -0.05) is 43.0 Å². The number of nitrogens with zero attached hydrogens (tertiary/aromatic N) is 2. The number of nitriles is 1. The maximum atomic E-state index is 12.2. The summed E-state index contributed by atoms with van der Waals surface area (Å²) in [5.41, 5.74) is 2.50. The summed E-state index contributed by atoms with van der Waals surface area (Å²) in [6.07, 6.45) is 0.974. The zero-order valence-corrected chi connectivity index (χ0v) is 15.2. The summed E-state index contributed by atoms with van der Waals surface area (Å²) in [4.78, 5) is 29.9. The number of nitrogens with one attached hydrogen (secondary N) is 2. The first-order chi connectivity index (χ1) is 11.9. The van der Waals surface area contributed by atoms with Gasteiger partial charge in [-0.25, -0.2) is 4.79 Å². The monoisotopic (exact) mass is 356 g/mol. The molecule has 1 unspecified atom stereocenters. The Morgan fingerprint density at radius 1 is 1.40 bits per heavy atom. The predicted molar refractivity (Wildman–Crippen MR) is 97.4 cm³/mol. The van der Waals surface area contributed by atoms with Crippen LogP contribution in [0.25, 0.3) is 0 Å². The third kappa shape index (κ3) is 4.94. The van der Waals surface area contributed by atoms with Gasteiger partial charge < -0.3 is 10.3 Å². The summed E-state index contributed by atoms with van der Waals surface area (Å²) in [7, 11) is 0. The lowest BCUT2D eigenvalue weighted by Gasteiger charge is -2.14. The van der Waals surface area contributed by atoms with Crippen LogP contribution in [-0.4, -0.2) is 21.6 Å². The van der Waals surface area contributed by atoms with E-state index in [9.17, 15) is 9.59 Å². The highest BCUT2D eigenvalue weighted by Crippen LogP contribution is 2.20. The van der Waals surface area contributed by atoms with Crippen LogP contribution >= 0.6 is 11.8 Å². The number of aryl methyl sites for hydroxylation is 2. The van der Waals surface area contributed by atoms with Crippen LogP contribution in [0.15, 0.2) is 34.1 Å². The fourth-order valence-electron chi connectivity index (χ4n) is 2.34. The van der Waals surface area contributed by atoms with Crippen LogP contribution in [0.2, 0.25) is 0 Å². The fraction of sp³-hybridized carbons (Fsp3) is 0.333. The van der Waals surface area contributed by atoms with Crippen molar-refractivity contribution in [1.29, 1.82) is 5.26 Å².